The number of anilines is 1. The van der Waals surface area contributed by atoms with E-state index in [9.17, 15) is 0 Å². The summed E-state index contributed by atoms with van der Waals surface area (Å²) in [5.74, 6) is 0.855. The molecule has 0 bridgehead atoms. The maximum absolute atomic E-state index is 6.01. The highest BCUT2D eigenvalue weighted by Gasteiger charge is 2.24. The molecule has 0 radical (unpaired) electrons. The highest BCUT2D eigenvalue weighted by molar-refractivity contribution is 9.10. The third kappa shape index (κ3) is 1.43. The van der Waals surface area contributed by atoms with Gasteiger partial charge in [0.1, 0.15) is 21.4 Å². The van der Waals surface area contributed by atoms with Crippen molar-refractivity contribution < 1.29 is 0 Å². The van der Waals surface area contributed by atoms with E-state index in [-0.39, 0.29) is 11.0 Å². The Hall–Kier alpha value is 0.0700. The van der Waals surface area contributed by atoms with Gasteiger partial charge in [0.15, 0.2) is 0 Å². The Morgan fingerprint density at radius 2 is 2.42 bits per heavy atom. The Kier molecular flexibility index (Phi) is 2.23. The lowest BCUT2D eigenvalue weighted by Gasteiger charge is -2.24. The molecule has 0 aliphatic carbocycles. The Bertz CT molecular complexity index is 301. The topological polar surface area (TPSA) is 29.9 Å². The standard InChI is InChI=1S/C6H6BrCl2N3/c7-3-1-6-10-4(8)2-5(9)12(6)11-3/h1,4-5,10H,2H2. The minimum absolute atomic E-state index is 0.108. The van der Waals surface area contributed by atoms with Crippen molar-refractivity contribution >= 4 is 44.9 Å². The van der Waals surface area contributed by atoms with Crippen LogP contribution in [0.25, 0.3) is 0 Å². The van der Waals surface area contributed by atoms with Gasteiger partial charge in [0.2, 0.25) is 0 Å². The summed E-state index contributed by atoms with van der Waals surface area (Å²) in [4.78, 5) is 0. The van der Waals surface area contributed by atoms with E-state index in [1.807, 2.05) is 6.07 Å². The van der Waals surface area contributed by atoms with Gasteiger partial charge in [-0.25, -0.2) is 4.68 Å². The molecule has 12 heavy (non-hydrogen) atoms. The summed E-state index contributed by atoms with van der Waals surface area (Å²) in [7, 11) is 0. The molecule has 0 fully saturated rings. The zero-order valence-electron chi connectivity index (χ0n) is 5.97. The van der Waals surface area contributed by atoms with Gasteiger partial charge in [0.05, 0.1) is 0 Å². The molecule has 0 spiro atoms. The first kappa shape index (κ1) is 8.66. The van der Waals surface area contributed by atoms with E-state index in [2.05, 4.69) is 26.3 Å². The van der Waals surface area contributed by atoms with Crippen LogP contribution in [0.4, 0.5) is 5.82 Å². The largest absolute Gasteiger partial charge is 0.354 e. The van der Waals surface area contributed by atoms with Crippen molar-refractivity contribution in [3.05, 3.63) is 10.7 Å². The van der Waals surface area contributed by atoms with Crippen LogP contribution in [-0.4, -0.2) is 15.3 Å². The fraction of sp³-hybridized carbons (Fsp3) is 0.500. The number of hydrogen-bond acceptors (Lipinski definition) is 2. The molecule has 1 aromatic rings. The molecule has 0 saturated heterocycles. The van der Waals surface area contributed by atoms with Gasteiger partial charge in [-0.2, -0.15) is 5.10 Å². The second-order valence-corrected chi connectivity index (χ2v) is 4.42. The number of halogens is 3. The van der Waals surface area contributed by atoms with Gasteiger partial charge in [0.25, 0.3) is 0 Å². The number of alkyl halides is 2. The molecule has 1 aromatic heterocycles. The molecule has 1 aliphatic rings. The maximum Gasteiger partial charge on any atom is 0.131 e. The van der Waals surface area contributed by atoms with Crippen molar-refractivity contribution in [1.29, 1.82) is 0 Å². The van der Waals surface area contributed by atoms with Gasteiger partial charge < -0.3 is 5.32 Å². The van der Waals surface area contributed by atoms with E-state index in [0.29, 0.717) is 6.42 Å². The maximum atomic E-state index is 6.01. The van der Waals surface area contributed by atoms with E-state index < -0.39 is 0 Å². The SMILES string of the molecule is ClC1CC(Cl)n2nc(Br)cc2N1. The molecule has 0 amide bonds. The number of nitrogens with zero attached hydrogens (tertiary/aromatic N) is 2. The third-order valence-electron chi connectivity index (χ3n) is 1.68. The lowest BCUT2D eigenvalue weighted by molar-refractivity contribution is 0.524. The zero-order valence-corrected chi connectivity index (χ0v) is 9.07. The van der Waals surface area contributed by atoms with Crippen molar-refractivity contribution in [3.8, 4) is 0 Å². The van der Waals surface area contributed by atoms with E-state index >= 15 is 0 Å². The number of rotatable bonds is 0. The van der Waals surface area contributed by atoms with E-state index in [1.54, 1.807) is 4.68 Å². The first-order valence-electron chi connectivity index (χ1n) is 3.46. The van der Waals surface area contributed by atoms with Gasteiger partial charge in [-0.3, -0.25) is 0 Å². The van der Waals surface area contributed by atoms with Gasteiger partial charge in [-0.1, -0.05) is 23.2 Å². The molecule has 2 atom stereocenters. The fourth-order valence-electron chi connectivity index (χ4n) is 1.18. The number of fused-ring (bicyclic) bond motifs is 1. The molecule has 6 heteroatoms. The predicted octanol–water partition coefficient (Wildman–Crippen LogP) is 2.76. The quantitative estimate of drug-likeness (QED) is 0.580. The second-order valence-electron chi connectivity index (χ2n) is 2.58. The third-order valence-corrected chi connectivity index (χ3v) is 2.72. The lowest BCUT2D eigenvalue weighted by Crippen LogP contribution is -2.25. The van der Waals surface area contributed by atoms with Crippen LogP contribution in [0.15, 0.2) is 10.7 Å². The molecule has 1 N–H and O–H groups in total. The molecule has 0 saturated carbocycles. The monoisotopic (exact) mass is 269 g/mol. The summed E-state index contributed by atoms with van der Waals surface area (Å²) in [5.41, 5.74) is -0.265. The molecular weight excluding hydrogens is 265 g/mol. The molecule has 66 valence electrons. The number of aromatic nitrogens is 2. The molecule has 0 aromatic carbocycles. The minimum Gasteiger partial charge on any atom is -0.354 e. The Labute approximate surface area is 88.2 Å². The van der Waals surface area contributed by atoms with Crippen LogP contribution in [0.5, 0.6) is 0 Å². The highest BCUT2D eigenvalue weighted by atomic mass is 79.9. The summed E-state index contributed by atoms with van der Waals surface area (Å²) < 4.78 is 2.48. The number of hydrogen-bond donors (Lipinski definition) is 1. The second kappa shape index (κ2) is 3.09. The summed E-state index contributed by atoms with van der Waals surface area (Å²) >= 11 is 15.2. The van der Waals surface area contributed by atoms with Gasteiger partial charge >= 0.3 is 0 Å². The average molecular weight is 271 g/mol. The van der Waals surface area contributed by atoms with Gasteiger partial charge in [0, 0.05) is 12.5 Å². The normalized spacial score (nSPS) is 27.9. The van der Waals surface area contributed by atoms with Crippen molar-refractivity contribution in [3.63, 3.8) is 0 Å². The van der Waals surface area contributed by atoms with Gasteiger partial charge in [-0.15, -0.1) is 0 Å². The average Bonchev–Trinajstić information content (AvgIpc) is 2.29. The molecule has 2 heterocycles. The summed E-state index contributed by atoms with van der Waals surface area (Å²) in [6.45, 7) is 0. The number of nitrogens with one attached hydrogen (secondary N) is 1. The Balaban J connectivity index is 2.40. The lowest BCUT2D eigenvalue weighted by atomic mass is 10.3. The van der Waals surface area contributed by atoms with Crippen LogP contribution < -0.4 is 5.32 Å². The molecular formula is C6H6BrCl2N3. The summed E-state index contributed by atoms with van der Waals surface area (Å²) in [6, 6.07) is 1.85. The van der Waals surface area contributed by atoms with Gasteiger partial charge in [-0.05, 0) is 15.9 Å². The highest BCUT2D eigenvalue weighted by Crippen LogP contribution is 2.32. The van der Waals surface area contributed by atoms with Crippen LogP contribution in [0.2, 0.25) is 0 Å². The first-order valence-corrected chi connectivity index (χ1v) is 5.13. The van der Waals surface area contributed by atoms with Crippen molar-refractivity contribution in [2.45, 2.75) is 17.4 Å². The van der Waals surface area contributed by atoms with E-state index in [4.69, 9.17) is 23.2 Å². The van der Waals surface area contributed by atoms with Crippen LogP contribution in [0, 0.1) is 0 Å². The van der Waals surface area contributed by atoms with Crippen molar-refractivity contribution in [2.24, 2.45) is 0 Å². The predicted molar refractivity (Wildman–Crippen MR) is 52.7 cm³/mol. The summed E-state index contributed by atoms with van der Waals surface area (Å²) in [6.07, 6.45) is 0.671. The molecule has 1 aliphatic heterocycles. The Morgan fingerprint density at radius 3 is 3.17 bits per heavy atom. The molecule has 3 nitrogen and oxygen atoms in total. The van der Waals surface area contributed by atoms with Crippen LogP contribution in [-0.2, 0) is 0 Å². The zero-order chi connectivity index (χ0) is 8.72. The summed E-state index contributed by atoms with van der Waals surface area (Å²) in [5, 5.41) is 7.21. The molecule has 2 unspecified atom stereocenters. The Morgan fingerprint density at radius 1 is 1.67 bits per heavy atom. The van der Waals surface area contributed by atoms with Crippen LogP contribution in [0.3, 0.4) is 0 Å². The first-order chi connectivity index (χ1) is 5.66. The van der Waals surface area contributed by atoms with Crippen LogP contribution >= 0.6 is 39.1 Å². The minimum atomic E-state index is -0.157. The smallest absolute Gasteiger partial charge is 0.131 e. The fourth-order valence-corrected chi connectivity index (χ4v) is 2.26. The molecule has 2 rings (SSSR count). The van der Waals surface area contributed by atoms with Crippen molar-refractivity contribution in [2.75, 3.05) is 5.32 Å². The van der Waals surface area contributed by atoms with E-state index in [0.717, 1.165) is 10.4 Å². The van der Waals surface area contributed by atoms with E-state index in [1.165, 1.54) is 0 Å². The van der Waals surface area contributed by atoms with Crippen LogP contribution in [0.1, 0.15) is 11.9 Å². The van der Waals surface area contributed by atoms with Crippen molar-refractivity contribution in [1.82, 2.24) is 9.78 Å².